The fourth-order valence-electron chi connectivity index (χ4n) is 11.3. The molecule has 378 valence electrons. The first-order valence-electron chi connectivity index (χ1n) is 24.9. The van der Waals surface area contributed by atoms with Crippen LogP contribution in [0.2, 0.25) is 5.02 Å². The molecule has 2 aromatic heterocycles. The molecule has 2 aliphatic heterocycles. The highest BCUT2D eigenvalue weighted by Gasteiger charge is 2.64. The van der Waals surface area contributed by atoms with Gasteiger partial charge in [0.15, 0.2) is 0 Å². The maximum absolute atomic E-state index is 14.2. The van der Waals surface area contributed by atoms with Crippen molar-refractivity contribution in [3.63, 3.8) is 0 Å². The van der Waals surface area contributed by atoms with Crippen LogP contribution in [0.1, 0.15) is 114 Å². The van der Waals surface area contributed by atoms with Gasteiger partial charge in [-0.05, 0) is 80.3 Å². The molecule has 17 heteroatoms. The zero-order chi connectivity index (χ0) is 51.0. The van der Waals surface area contributed by atoms with Crippen LogP contribution in [0.25, 0.3) is 10.4 Å². The van der Waals surface area contributed by atoms with Gasteiger partial charge in [-0.25, -0.2) is 9.97 Å². The Balaban J connectivity index is 0.751. The van der Waals surface area contributed by atoms with E-state index in [0.29, 0.717) is 47.3 Å². The summed E-state index contributed by atoms with van der Waals surface area (Å²) < 4.78 is 6.39. The second kappa shape index (κ2) is 20.9. The third kappa shape index (κ3) is 11.1. The number of carbonyl (C=O) groups is 4. The van der Waals surface area contributed by atoms with Crippen molar-refractivity contribution in [2.24, 2.45) is 16.2 Å². The van der Waals surface area contributed by atoms with Crippen molar-refractivity contribution in [3.05, 3.63) is 93.7 Å². The highest BCUT2D eigenvalue weighted by Crippen LogP contribution is 2.55. The molecule has 2 aromatic carbocycles. The van der Waals surface area contributed by atoms with Crippen molar-refractivity contribution >= 4 is 52.4 Å². The van der Waals surface area contributed by atoms with E-state index in [4.69, 9.17) is 21.3 Å². The van der Waals surface area contributed by atoms with Gasteiger partial charge in [0.05, 0.1) is 44.8 Å². The van der Waals surface area contributed by atoms with Crippen LogP contribution in [0.15, 0.2) is 66.3 Å². The number of hydrogen-bond acceptors (Lipinski definition) is 12. The number of nitriles is 1. The number of amides is 4. The normalized spacial score (nSPS) is 23.6. The highest BCUT2D eigenvalue weighted by molar-refractivity contribution is 7.13. The number of anilines is 1. The Morgan fingerprint density at radius 3 is 2.25 bits per heavy atom. The lowest BCUT2D eigenvalue weighted by Crippen LogP contribution is -2.74. The lowest BCUT2D eigenvalue weighted by Gasteiger charge is -2.63. The number of nitrogens with zero attached hydrogens (tertiary/aromatic N) is 6. The first-order valence-corrected chi connectivity index (χ1v) is 26.2. The van der Waals surface area contributed by atoms with Crippen LogP contribution in [0.3, 0.4) is 0 Å². The molecule has 2 aliphatic carbocycles. The number of carbonyl (C=O) groups excluding carboxylic acids is 4. The summed E-state index contributed by atoms with van der Waals surface area (Å²) in [4.78, 5) is 71.4. The van der Waals surface area contributed by atoms with Gasteiger partial charge in [0.25, 0.3) is 5.91 Å². The van der Waals surface area contributed by atoms with Crippen LogP contribution in [-0.4, -0.2) is 119 Å². The number of benzene rings is 2. The van der Waals surface area contributed by atoms with Gasteiger partial charge in [0.2, 0.25) is 17.7 Å². The van der Waals surface area contributed by atoms with Crippen LogP contribution in [0, 0.1) is 34.5 Å². The minimum Gasteiger partial charge on any atom is -0.489 e. The number of thiazole rings is 1. The number of halogens is 1. The Bertz CT molecular complexity index is 2610. The summed E-state index contributed by atoms with van der Waals surface area (Å²) in [6.45, 7) is 22.1. The topological polar surface area (TPSA) is 185 Å². The molecular formula is C54H69ClN10O5S. The number of aryl methyl sites for hydroxylation is 1. The molecule has 1 unspecified atom stereocenters. The van der Waals surface area contributed by atoms with Crippen LogP contribution < -0.4 is 30.9 Å². The van der Waals surface area contributed by atoms with Crippen LogP contribution in [-0.2, 0) is 14.4 Å². The SMILES string of the molecule is Cc1ncsc1-c1ccc([C@H](C)NC(=O)[C@@H]2CCCN2C(=O)C(NC(=O)CNC2CC(N3CCN(c4ccc(C(=O)NC5C(C)(C)C(Oc6ccc(C#N)c(Cl)c6)C5(C)C)cn4)CC3)C2)C(C)(C)C)cc1. The predicted molar refractivity (Wildman–Crippen MR) is 277 cm³/mol. The number of ether oxygens (including phenoxy) is 1. The summed E-state index contributed by atoms with van der Waals surface area (Å²) in [5, 5.41) is 22.4. The van der Waals surface area contributed by atoms with Crippen molar-refractivity contribution < 1.29 is 23.9 Å². The molecule has 4 fully saturated rings. The van der Waals surface area contributed by atoms with E-state index in [9.17, 15) is 24.4 Å². The van der Waals surface area contributed by atoms with E-state index in [-0.39, 0.29) is 65.2 Å². The summed E-state index contributed by atoms with van der Waals surface area (Å²) in [6.07, 6.45) is 4.60. The predicted octanol–water partition coefficient (Wildman–Crippen LogP) is 7.29. The smallest absolute Gasteiger partial charge is 0.253 e. The van der Waals surface area contributed by atoms with E-state index < -0.39 is 17.5 Å². The standard InChI is InChI=1S/C54H69ClN10O5S/c1-32(34-12-14-35(15-13-34)45-33(2)59-31-71-45)60-48(68)42-11-10-20-65(42)49(69)46(52(3,4)5)61-44(66)30-57-38-25-39(26-38)63-21-23-64(24-22-63)43-19-17-37(29-58-43)47(67)62-50-53(6,7)51(54(50,8)9)70-40-18-16-36(28-56)41(55)27-40/h12-19,27,29,31-32,38-39,42,46,50-51,57H,10-11,20-26,30H2,1-9H3,(H,60,68)(H,61,66)(H,62,67)/t32-,38?,39?,42-,46?,50?,51?/m0/s1. The monoisotopic (exact) mass is 1000 g/mol. The maximum Gasteiger partial charge on any atom is 0.253 e. The third-order valence-corrected chi connectivity index (χ3v) is 16.6. The number of aromatic nitrogens is 2. The van der Waals surface area contributed by atoms with E-state index in [1.54, 1.807) is 40.6 Å². The zero-order valence-electron chi connectivity index (χ0n) is 42.5. The lowest BCUT2D eigenvalue weighted by atomic mass is 9.49. The Labute approximate surface area is 427 Å². The molecule has 3 atom stereocenters. The third-order valence-electron chi connectivity index (χ3n) is 15.3. The molecule has 0 radical (unpaired) electrons. The molecule has 4 heterocycles. The summed E-state index contributed by atoms with van der Waals surface area (Å²) >= 11 is 7.87. The zero-order valence-corrected chi connectivity index (χ0v) is 44.0. The molecule has 71 heavy (non-hydrogen) atoms. The molecule has 4 aromatic rings. The Morgan fingerprint density at radius 2 is 1.65 bits per heavy atom. The molecule has 2 saturated carbocycles. The molecule has 0 spiro atoms. The van der Waals surface area contributed by atoms with E-state index >= 15 is 0 Å². The van der Waals surface area contributed by atoms with Crippen LogP contribution in [0.5, 0.6) is 5.75 Å². The van der Waals surface area contributed by atoms with Gasteiger partial charge < -0.3 is 35.8 Å². The van der Waals surface area contributed by atoms with Crippen molar-refractivity contribution in [2.75, 3.05) is 44.2 Å². The van der Waals surface area contributed by atoms with Gasteiger partial charge in [-0.3, -0.25) is 24.1 Å². The quantitative estimate of drug-likeness (QED) is 0.0938. The van der Waals surface area contributed by atoms with Gasteiger partial charge in [-0.15, -0.1) is 11.3 Å². The number of likely N-dealkylation sites (tertiary alicyclic amines) is 1. The van der Waals surface area contributed by atoms with Crippen LogP contribution >= 0.6 is 22.9 Å². The minimum atomic E-state index is -0.789. The van der Waals surface area contributed by atoms with Gasteiger partial charge in [-0.2, -0.15) is 5.26 Å². The van der Waals surface area contributed by atoms with Crippen molar-refractivity contribution in [3.8, 4) is 22.3 Å². The maximum atomic E-state index is 14.2. The second-order valence-corrected chi connectivity index (χ2v) is 23.4. The Kier molecular flexibility index (Phi) is 15.2. The van der Waals surface area contributed by atoms with Gasteiger partial charge in [0.1, 0.15) is 35.8 Å². The lowest BCUT2D eigenvalue weighted by molar-refractivity contribution is -0.164. The molecule has 8 rings (SSSR count). The summed E-state index contributed by atoms with van der Waals surface area (Å²) in [7, 11) is 0. The van der Waals surface area contributed by atoms with E-state index in [2.05, 4.69) is 81.9 Å². The first-order chi connectivity index (χ1) is 33.6. The Hall–Kier alpha value is -5.60. The molecule has 0 bridgehead atoms. The molecule has 4 amide bonds. The number of hydrogen-bond donors (Lipinski definition) is 4. The summed E-state index contributed by atoms with van der Waals surface area (Å²) in [5.74, 6) is 0.586. The van der Waals surface area contributed by atoms with E-state index in [1.807, 2.05) is 64.4 Å². The second-order valence-electron chi connectivity index (χ2n) is 22.1. The number of pyridine rings is 1. The van der Waals surface area contributed by atoms with Crippen molar-refractivity contribution in [1.82, 2.24) is 41.0 Å². The van der Waals surface area contributed by atoms with Crippen LogP contribution in [0.4, 0.5) is 5.82 Å². The molecular weight excluding hydrogens is 936 g/mol. The Morgan fingerprint density at radius 1 is 0.944 bits per heavy atom. The summed E-state index contributed by atoms with van der Waals surface area (Å²) in [6, 6.07) is 17.9. The molecule has 4 aliphatic rings. The first kappa shape index (κ1) is 51.7. The van der Waals surface area contributed by atoms with Gasteiger partial charge in [-0.1, -0.05) is 84.3 Å². The highest BCUT2D eigenvalue weighted by atomic mass is 35.5. The number of piperazine rings is 1. The largest absolute Gasteiger partial charge is 0.489 e. The van der Waals surface area contributed by atoms with E-state index in [0.717, 1.165) is 66.5 Å². The van der Waals surface area contributed by atoms with Gasteiger partial charge >= 0.3 is 0 Å². The number of rotatable bonds is 15. The number of nitrogens with one attached hydrogen (secondary N) is 4. The minimum absolute atomic E-state index is 0.105. The van der Waals surface area contributed by atoms with Crippen molar-refractivity contribution in [2.45, 2.75) is 130 Å². The summed E-state index contributed by atoms with van der Waals surface area (Å²) in [5.41, 5.74) is 4.45. The van der Waals surface area contributed by atoms with E-state index in [1.165, 1.54) is 0 Å². The van der Waals surface area contributed by atoms with Crippen molar-refractivity contribution in [1.29, 1.82) is 5.26 Å². The average Bonchev–Trinajstić information content (AvgIpc) is 4.00. The fourth-order valence-corrected chi connectivity index (χ4v) is 12.4. The average molecular weight is 1010 g/mol. The molecule has 15 nitrogen and oxygen atoms in total. The fraction of sp³-hybridized carbons (Fsp3) is 0.537. The molecule has 4 N–H and O–H groups in total. The van der Waals surface area contributed by atoms with Gasteiger partial charge in [0, 0.05) is 73.9 Å². The molecule has 2 saturated heterocycles.